The largest absolute Gasteiger partial charge is 0.341 e. The maximum Gasteiger partial charge on any atom is 0.222 e. The summed E-state index contributed by atoms with van der Waals surface area (Å²) >= 11 is 0. The van der Waals surface area contributed by atoms with Crippen LogP contribution in [0.1, 0.15) is 25.3 Å². The Morgan fingerprint density at radius 3 is 3.00 bits per heavy atom. The van der Waals surface area contributed by atoms with Crippen LogP contribution in [0.15, 0.2) is 30.7 Å². The Balaban J connectivity index is 1.63. The quantitative estimate of drug-likeness (QED) is 0.879. The van der Waals surface area contributed by atoms with Crippen molar-refractivity contribution >= 4 is 5.91 Å². The Kier molecular flexibility index (Phi) is 4.71. The Bertz CT molecular complexity index is 667. The SMILES string of the molecule is C[C@@H](CN1CCCC1=O)NCc1cn(C)nc1-c1cccnc1. The van der Waals surface area contributed by atoms with E-state index in [2.05, 4.69) is 22.3 Å². The molecule has 23 heavy (non-hydrogen) atoms. The molecule has 0 spiro atoms. The molecule has 1 aliphatic heterocycles. The highest BCUT2D eigenvalue weighted by atomic mass is 16.2. The Morgan fingerprint density at radius 2 is 2.30 bits per heavy atom. The summed E-state index contributed by atoms with van der Waals surface area (Å²) in [5.74, 6) is 0.274. The number of carbonyl (C=O) groups is 1. The first-order valence-electron chi connectivity index (χ1n) is 8.07. The van der Waals surface area contributed by atoms with E-state index in [4.69, 9.17) is 0 Å². The number of carbonyl (C=O) groups excluding carboxylic acids is 1. The van der Waals surface area contributed by atoms with Crippen LogP contribution in [-0.4, -0.2) is 44.7 Å². The second-order valence-electron chi connectivity index (χ2n) is 6.14. The maximum atomic E-state index is 11.7. The Labute approximate surface area is 136 Å². The van der Waals surface area contributed by atoms with Gasteiger partial charge in [-0.15, -0.1) is 0 Å². The molecule has 0 aromatic carbocycles. The van der Waals surface area contributed by atoms with E-state index >= 15 is 0 Å². The molecule has 1 aliphatic rings. The summed E-state index contributed by atoms with van der Waals surface area (Å²) in [7, 11) is 1.93. The number of rotatable bonds is 6. The van der Waals surface area contributed by atoms with Crippen LogP contribution in [0.5, 0.6) is 0 Å². The topological polar surface area (TPSA) is 63.1 Å². The lowest BCUT2D eigenvalue weighted by Gasteiger charge is -2.21. The molecular formula is C17H23N5O. The van der Waals surface area contributed by atoms with Crippen LogP contribution in [0.3, 0.4) is 0 Å². The number of nitrogens with one attached hydrogen (secondary N) is 1. The minimum absolute atomic E-state index is 0.249. The average Bonchev–Trinajstić information content (AvgIpc) is 3.12. The third-order valence-corrected chi connectivity index (χ3v) is 4.15. The molecule has 0 unspecified atom stereocenters. The minimum atomic E-state index is 0.249. The number of nitrogens with zero attached hydrogens (tertiary/aromatic N) is 4. The van der Waals surface area contributed by atoms with Crippen LogP contribution in [0.4, 0.5) is 0 Å². The molecule has 6 nitrogen and oxygen atoms in total. The average molecular weight is 313 g/mol. The van der Waals surface area contributed by atoms with Crippen molar-refractivity contribution < 1.29 is 4.79 Å². The van der Waals surface area contributed by atoms with Gasteiger partial charge >= 0.3 is 0 Å². The van der Waals surface area contributed by atoms with Crippen molar-refractivity contribution in [1.29, 1.82) is 0 Å². The van der Waals surface area contributed by atoms with E-state index in [0.29, 0.717) is 6.42 Å². The zero-order chi connectivity index (χ0) is 16.2. The summed E-state index contributed by atoms with van der Waals surface area (Å²) in [6.07, 6.45) is 7.31. The van der Waals surface area contributed by atoms with E-state index in [-0.39, 0.29) is 11.9 Å². The van der Waals surface area contributed by atoms with E-state index in [0.717, 1.165) is 42.9 Å². The summed E-state index contributed by atoms with van der Waals surface area (Å²) in [5.41, 5.74) is 3.12. The van der Waals surface area contributed by atoms with E-state index in [1.165, 1.54) is 0 Å². The van der Waals surface area contributed by atoms with Gasteiger partial charge in [0.05, 0.1) is 5.69 Å². The van der Waals surface area contributed by atoms with Crippen molar-refractivity contribution in [2.45, 2.75) is 32.4 Å². The van der Waals surface area contributed by atoms with Crippen LogP contribution in [0, 0.1) is 0 Å². The molecule has 1 amide bonds. The van der Waals surface area contributed by atoms with Gasteiger partial charge in [0, 0.05) is 68.9 Å². The molecule has 6 heteroatoms. The highest BCUT2D eigenvalue weighted by molar-refractivity contribution is 5.78. The molecule has 1 N–H and O–H groups in total. The lowest BCUT2D eigenvalue weighted by atomic mass is 10.1. The molecule has 1 fully saturated rings. The Morgan fingerprint density at radius 1 is 1.43 bits per heavy atom. The van der Waals surface area contributed by atoms with E-state index < -0.39 is 0 Å². The van der Waals surface area contributed by atoms with E-state index in [1.54, 1.807) is 6.20 Å². The molecule has 0 saturated carbocycles. The molecule has 122 valence electrons. The zero-order valence-corrected chi connectivity index (χ0v) is 13.7. The van der Waals surface area contributed by atoms with Gasteiger partial charge in [-0.1, -0.05) is 0 Å². The van der Waals surface area contributed by atoms with Crippen molar-refractivity contribution in [3.8, 4) is 11.3 Å². The second-order valence-corrected chi connectivity index (χ2v) is 6.14. The van der Waals surface area contributed by atoms with Crippen LogP contribution in [0.2, 0.25) is 0 Å². The summed E-state index contributed by atoms with van der Waals surface area (Å²) < 4.78 is 1.83. The molecule has 0 radical (unpaired) electrons. The van der Waals surface area contributed by atoms with E-state index in [1.807, 2.05) is 41.2 Å². The van der Waals surface area contributed by atoms with Crippen molar-refractivity contribution in [2.24, 2.45) is 7.05 Å². The lowest BCUT2D eigenvalue weighted by Crippen LogP contribution is -2.39. The smallest absolute Gasteiger partial charge is 0.222 e. The number of aromatic nitrogens is 3. The van der Waals surface area contributed by atoms with Crippen molar-refractivity contribution in [3.63, 3.8) is 0 Å². The fourth-order valence-corrected chi connectivity index (χ4v) is 2.99. The molecule has 1 atom stereocenters. The number of hydrogen-bond acceptors (Lipinski definition) is 4. The number of hydrogen-bond donors (Lipinski definition) is 1. The summed E-state index contributed by atoms with van der Waals surface area (Å²) in [6, 6.07) is 4.19. The number of aryl methyl sites for hydroxylation is 1. The monoisotopic (exact) mass is 313 g/mol. The van der Waals surface area contributed by atoms with Gasteiger partial charge in [-0.3, -0.25) is 14.5 Å². The molecule has 2 aromatic heterocycles. The molecule has 0 bridgehead atoms. The summed E-state index contributed by atoms with van der Waals surface area (Å²) in [4.78, 5) is 17.8. The van der Waals surface area contributed by atoms with Crippen molar-refractivity contribution in [3.05, 3.63) is 36.3 Å². The molecule has 3 rings (SSSR count). The summed E-state index contributed by atoms with van der Waals surface area (Å²) in [6.45, 7) is 4.49. The lowest BCUT2D eigenvalue weighted by molar-refractivity contribution is -0.127. The summed E-state index contributed by atoms with van der Waals surface area (Å²) in [5, 5.41) is 8.05. The fourth-order valence-electron chi connectivity index (χ4n) is 2.99. The van der Waals surface area contributed by atoms with Gasteiger partial charge in [0.2, 0.25) is 5.91 Å². The zero-order valence-electron chi connectivity index (χ0n) is 13.7. The van der Waals surface area contributed by atoms with E-state index in [9.17, 15) is 4.79 Å². The molecule has 3 heterocycles. The normalized spacial score (nSPS) is 16.1. The van der Waals surface area contributed by atoms with Gasteiger partial charge in [-0.05, 0) is 25.5 Å². The molecular weight excluding hydrogens is 290 g/mol. The standard InChI is InChI=1S/C17H23N5O/c1-13(11-22-8-4-6-16(22)23)19-10-15-12-21(2)20-17(15)14-5-3-7-18-9-14/h3,5,7,9,12-13,19H,4,6,8,10-11H2,1-2H3/t13-/m0/s1. The molecule has 1 saturated heterocycles. The van der Waals surface area contributed by atoms with Crippen molar-refractivity contribution in [1.82, 2.24) is 25.0 Å². The molecule has 2 aromatic rings. The van der Waals surface area contributed by atoms with Gasteiger partial charge < -0.3 is 10.2 Å². The van der Waals surface area contributed by atoms with Crippen LogP contribution < -0.4 is 5.32 Å². The maximum absolute atomic E-state index is 11.7. The van der Waals surface area contributed by atoms with Gasteiger partial charge in [-0.25, -0.2) is 0 Å². The van der Waals surface area contributed by atoms with Crippen LogP contribution >= 0.6 is 0 Å². The number of likely N-dealkylation sites (tertiary alicyclic amines) is 1. The van der Waals surface area contributed by atoms with Gasteiger partial charge in [0.25, 0.3) is 0 Å². The number of amides is 1. The second kappa shape index (κ2) is 6.91. The Hall–Kier alpha value is -2.21. The first-order valence-corrected chi connectivity index (χ1v) is 8.07. The predicted octanol–water partition coefficient (Wildman–Crippen LogP) is 1.58. The third kappa shape index (κ3) is 3.76. The predicted molar refractivity (Wildman–Crippen MR) is 88.6 cm³/mol. The van der Waals surface area contributed by atoms with Crippen LogP contribution in [0.25, 0.3) is 11.3 Å². The third-order valence-electron chi connectivity index (χ3n) is 4.15. The number of pyridine rings is 1. The van der Waals surface area contributed by atoms with Gasteiger partial charge in [-0.2, -0.15) is 5.10 Å². The highest BCUT2D eigenvalue weighted by Gasteiger charge is 2.21. The first kappa shape index (κ1) is 15.7. The fraction of sp³-hybridized carbons (Fsp3) is 0.471. The highest BCUT2D eigenvalue weighted by Crippen LogP contribution is 2.20. The van der Waals surface area contributed by atoms with Crippen molar-refractivity contribution in [2.75, 3.05) is 13.1 Å². The minimum Gasteiger partial charge on any atom is -0.341 e. The van der Waals surface area contributed by atoms with Crippen LogP contribution in [-0.2, 0) is 18.4 Å². The van der Waals surface area contributed by atoms with Gasteiger partial charge in [0.15, 0.2) is 0 Å². The molecule has 0 aliphatic carbocycles. The first-order chi connectivity index (χ1) is 11.1. The van der Waals surface area contributed by atoms with Gasteiger partial charge in [0.1, 0.15) is 0 Å².